The predicted octanol–water partition coefficient (Wildman–Crippen LogP) is 5.04. The Hall–Kier alpha value is -3.48. The highest BCUT2D eigenvalue weighted by Crippen LogP contribution is 2.25. The van der Waals surface area contributed by atoms with E-state index in [0.717, 1.165) is 18.4 Å². The van der Waals surface area contributed by atoms with Crippen molar-refractivity contribution in [2.75, 3.05) is 11.9 Å². The van der Waals surface area contributed by atoms with Crippen molar-refractivity contribution < 1.29 is 14.0 Å². The Balaban J connectivity index is 1.86. The van der Waals surface area contributed by atoms with E-state index in [0.29, 0.717) is 23.6 Å². The third kappa shape index (κ3) is 5.81. The lowest BCUT2D eigenvalue weighted by Crippen LogP contribution is -2.42. The lowest BCUT2D eigenvalue weighted by Gasteiger charge is -2.26. The summed E-state index contributed by atoms with van der Waals surface area (Å²) in [5.41, 5.74) is 2.18. The number of hydrogen-bond acceptors (Lipinski definition) is 3. The molecule has 0 spiro atoms. The summed E-state index contributed by atoms with van der Waals surface area (Å²) < 4.78 is 15.0. The molecule has 6 nitrogen and oxygen atoms in total. The number of rotatable bonds is 9. The number of benzene rings is 2. The van der Waals surface area contributed by atoms with Gasteiger partial charge in [0, 0.05) is 24.1 Å². The molecule has 0 atom stereocenters. The van der Waals surface area contributed by atoms with Crippen LogP contribution >= 0.6 is 0 Å². The molecular formula is C25H29FN4O2. The Morgan fingerprint density at radius 1 is 1.09 bits per heavy atom. The van der Waals surface area contributed by atoms with Gasteiger partial charge in [-0.25, -0.2) is 9.07 Å². The lowest BCUT2D eigenvalue weighted by molar-refractivity contribution is -0.136. The number of aromatic nitrogens is 2. The van der Waals surface area contributed by atoms with Gasteiger partial charge in [-0.2, -0.15) is 5.10 Å². The van der Waals surface area contributed by atoms with Gasteiger partial charge in [-0.1, -0.05) is 43.7 Å². The molecule has 7 heteroatoms. The monoisotopic (exact) mass is 436 g/mol. The normalized spacial score (nSPS) is 10.9. The first-order valence-electron chi connectivity index (χ1n) is 10.9. The summed E-state index contributed by atoms with van der Waals surface area (Å²) in [6.45, 7) is 5.77. The van der Waals surface area contributed by atoms with E-state index in [1.807, 2.05) is 51.1 Å². The molecular weight excluding hydrogens is 407 g/mol. The van der Waals surface area contributed by atoms with Crippen LogP contribution in [0.15, 0.2) is 60.7 Å². The van der Waals surface area contributed by atoms with E-state index in [1.165, 1.54) is 12.1 Å². The zero-order valence-electron chi connectivity index (χ0n) is 18.7. The quantitative estimate of drug-likeness (QED) is 0.511. The summed E-state index contributed by atoms with van der Waals surface area (Å²) in [4.78, 5) is 27.0. The molecule has 1 heterocycles. The average molecular weight is 437 g/mol. The van der Waals surface area contributed by atoms with E-state index in [4.69, 9.17) is 0 Å². The zero-order valence-corrected chi connectivity index (χ0v) is 18.7. The van der Waals surface area contributed by atoms with Crippen molar-refractivity contribution in [3.05, 3.63) is 66.5 Å². The number of carbonyl (C=O) groups excluding carboxylic acids is 2. The molecule has 0 saturated heterocycles. The van der Waals surface area contributed by atoms with Crippen molar-refractivity contribution in [3.63, 3.8) is 0 Å². The van der Waals surface area contributed by atoms with Crippen molar-refractivity contribution >= 4 is 17.6 Å². The molecule has 1 N–H and O–H groups in total. The SMILES string of the molecule is CCCCC(=O)N(CC(=O)Nc1cc(-c2ccccc2)nn1-c1ccc(F)cc1)C(C)C. The Kier molecular flexibility index (Phi) is 7.76. The van der Waals surface area contributed by atoms with Crippen LogP contribution in [0.1, 0.15) is 40.0 Å². The topological polar surface area (TPSA) is 67.2 Å². The summed E-state index contributed by atoms with van der Waals surface area (Å²) in [7, 11) is 0. The fourth-order valence-corrected chi connectivity index (χ4v) is 3.37. The molecule has 2 amide bonds. The molecule has 1 aromatic heterocycles. The van der Waals surface area contributed by atoms with Gasteiger partial charge in [-0.15, -0.1) is 0 Å². The number of anilines is 1. The molecule has 0 radical (unpaired) electrons. The molecule has 0 fully saturated rings. The molecule has 3 aromatic rings. The molecule has 32 heavy (non-hydrogen) atoms. The highest BCUT2D eigenvalue weighted by atomic mass is 19.1. The standard InChI is InChI=1S/C25H29FN4O2/c1-4-5-11-25(32)29(18(2)3)17-24(31)27-23-16-22(19-9-7-6-8-10-19)28-30(23)21-14-12-20(26)13-15-21/h6-10,12-16,18H,4-5,11,17H2,1-3H3,(H,27,31). The number of amides is 2. The molecule has 0 unspecified atom stereocenters. The number of nitrogens with zero attached hydrogens (tertiary/aromatic N) is 3. The van der Waals surface area contributed by atoms with E-state index >= 15 is 0 Å². The minimum absolute atomic E-state index is 0.0333. The summed E-state index contributed by atoms with van der Waals surface area (Å²) in [6.07, 6.45) is 2.14. The van der Waals surface area contributed by atoms with E-state index in [9.17, 15) is 14.0 Å². The summed E-state index contributed by atoms with van der Waals surface area (Å²) in [6, 6.07) is 17.2. The van der Waals surface area contributed by atoms with Crippen LogP contribution in [0.5, 0.6) is 0 Å². The van der Waals surface area contributed by atoms with E-state index < -0.39 is 0 Å². The Morgan fingerprint density at radius 3 is 2.41 bits per heavy atom. The van der Waals surface area contributed by atoms with Crippen molar-refractivity contribution in [2.24, 2.45) is 0 Å². The minimum Gasteiger partial charge on any atom is -0.331 e. The van der Waals surface area contributed by atoms with Crippen LogP contribution < -0.4 is 5.32 Å². The van der Waals surface area contributed by atoms with Gasteiger partial charge < -0.3 is 10.2 Å². The van der Waals surface area contributed by atoms with Crippen molar-refractivity contribution in [1.29, 1.82) is 0 Å². The summed E-state index contributed by atoms with van der Waals surface area (Å²) in [5.74, 6) is -0.251. The van der Waals surface area contributed by atoms with Gasteiger partial charge in [0.1, 0.15) is 18.2 Å². The molecule has 3 rings (SSSR count). The van der Waals surface area contributed by atoms with Crippen LogP contribution in [0.2, 0.25) is 0 Å². The fraction of sp³-hybridized carbons (Fsp3) is 0.320. The summed E-state index contributed by atoms with van der Waals surface area (Å²) in [5, 5.41) is 7.51. The first-order chi connectivity index (χ1) is 15.4. The number of nitrogens with one attached hydrogen (secondary N) is 1. The van der Waals surface area contributed by atoms with Crippen LogP contribution in [-0.2, 0) is 9.59 Å². The highest BCUT2D eigenvalue weighted by molar-refractivity contribution is 5.94. The van der Waals surface area contributed by atoms with Gasteiger partial charge >= 0.3 is 0 Å². The molecule has 0 aliphatic heterocycles. The largest absolute Gasteiger partial charge is 0.331 e. The molecule has 2 aromatic carbocycles. The first-order valence-corrected chi connectivity index (χ1v) is 10.9. The van der Waals surface area contributed by atoms with Gasteiger partial charge in [-0.3, -0.25) is 9.59 Å². The maximum absolute atomic E-state index is 13.4. The molecule has 0 aliphatic carbocycles. The third-order valence-corrected chi connectivity index (χ3v) is 5.12. The van der Waals surface area contributed by atoms with Gasteiger partial charge in [-0.05, 0) is 44.5 Å². The maximum Gasteiger partial charge on any atom is 0.245 e. The predicted molar refractivity (Wildman–Crippen MR) is 124 cm³/mol. The maximum atomic E-state index is 13.4. The van der Waals surface area contributed by atoms with Gasteiger partial charge in [0.05, 0.1) is 11.4 Å². The van der Waals surface area contributed by atoms with Gasteiger partial charge in [0.25, 0.3) is 0 Å². The lowest BCUT2D eigenvalue weighted by atomic mass is 10.1. The van der Waals surface area contributed by atoms with Crippen LogP contribution in [-0.4, -0.2) is 39.1 Å². The van der Waals surface area contributed by atoms with Crippen LogP contribution in [0, 0.1) is 5.82 Å². The van der Waals surface area contributed by atoms with Crippen molar-refractivity contribution in [2.45, 2.75) is 46.1 Å². The van der Waals surface area contributed by atoms with E-state index in [1.54, 1.807) is 27.8 Å². The first kappa shape index (κ1) is 23.2. The second kappa shape index (κ2) is 10.7. The van der Waals surface area contributed by atoms with Gasteiger partial charge in [0.15, 0.2) is 0 Å². The Labute approximate surface area is 188 Å². The number of hydrogen-bond donors (Lipinski definition) is 1. The van der Waals surface area contributed by atoms with E-state index in [2.05, 4.69) is 10.4 Å². The fourth-order valence-electron chi connectivity index (χ4n) is 3.37. The second-order valence-electron chi connectivity index (χ2n) is 7.94. The van der Waals surface area contributed by atoms with Crippen molar-refractivity contribution in [1.82, 2.24) is 14.7 Å². The molecule has 0 saturated carbocycles. The summed E-state index contributed by atoms with van der Waals surface area (Å²) >= 11 is 0. The number of halogens is 1. The average Bonchev–Trinajstić information content (AvgIpc) is 3.20. The van der Waals surface area contributed by atoms with E-state index in [-0.39, 0.29) is 30.2 Å². The van der Waals surface area contributed by atoms with Crippen LogP contribution in [0.25, 0.3) is 16.9 Å². The molecule has 0 bridgehead atoms. The smallest absolute Gasteiger partial charge is 0.245 e. The van der Waals surface area contributed by atoms with Crippen LogP contribution in [0.3, 0.4) is 0 Å². The Bertz CT molecular complexity index is 1050. The Morgan fingerprint density at radius 2 is 1.78 bits per heavy atom. The van der Waals surface area contributed by atoms with Crippen molar-refractivity contribution in [3.8, 4) is 16.9 Å². The third-order valence-electron chi connectivity index (χ3n) is 5.12. The number of carbonyl (C=O) groups is 2. The zero-order chi connectivity index (χ0) is 23.1. The second-order valence-corrected chi connectivity index (χ2v) is 7.94. The minimum atomic E-state index is -0.354. The van der Waals surface area contributed by atoms with Crippen LogP contribution in [0.4, 0.5) is 10.2 Å². The van der Waals surface area contributed by atoms with Gasteiger partial charge in [0.2, 0.25) is 11.8 Å². The number of unbranched alkanes of at least 4 members (excludes halogenated alkanes) is 1. The molecule has 0 aliphatic rings. The highest BCUT2D eigenvalue weighted by Gasteiger charge is 2.21. The molecule has 168 valence electrons.